The molecule has 0 N–H and O–H groups in total. The summed E-state index contributed by atoms with van der Waals surface area (Å²) in [6.07, 6.45) is 0.847. The lowest BCUT2D eigenvalue weighted by atomic mass is 10.0. The van der Waals surface area contributed by atoms with Crippen LogP contribution in [0.3, 0.4) is 0 Å². The van der Waals surface area contributed by atoms with Gasteiger partial charge in [0.25, 0.3) is 0 Å². The summed E-state index contributed by atoms with van der Waals surface area (Å²) < 4.78 is 2.18. The average molecular weight is 298 g/mol. The largest absolute Gasteiger partial charge is 0.331 e. The van der Waals surface area contributed by atoms with Crippen LogP contribution in [0.5, 0.6) is 0 Å². The highest BCUT2D eigenvalue weighted by molar-refractivity contribution is 5.75. The fourth-order valence-electron chi connectivity index (χ4n) is 2.98. The molecule has 0 aliphatic carbocycles. The Bertz CT molecular complexity index is 935. The molecule has 4 rings (SSSR count). The van der Waals surface area contributed by atoms with Gasteiger partial charge in [-0.3, -0.25) is 0 Å². The van der Waals surface area contributed by atoms with Gasteiger partial charge in [-0.1, -0.05) is 66.7 Å². The summed E-state index contributed by atoms with van der Waals surface area (Å²) in [6.45, 7) is 0. The van der Waals surface area contributed by atoms with Crippen LogP contribution in [-0.4, -0.2) is 9.55 Å². The molecule has 2 heteroatoms. The van der Waals surface area contributed by atoms with Gasteiger partial charge in [-0.05, 0) is 28.8 Å². The molecular formula is C21H18N2. The average Bonchev–Trinajstić information content (AvgIpc) is 2.93. The molecule has 0 atom stereocenters. The fourth-order valence-corrected chi connectivity index (χ4v) is 2.98. The Labute approximate surface area is 136 Å². The van der Waals surface area contributed by atoms with Crippen LogP contribution in [0.25, 0.3) is 22.2 Å². The molecule has 0 radical (unpaired) electrons. The van der Waals surface area contributed by atoms with E-state index in [-0.39, 0.29) is 0 Å². The van der Waals surface area contributed by atoms with Gasteiger partial charge in [0.1, 0.15) is 5.82 Å². The normalized spacial score (nSPS) is 11.0. The third-order valence-corrected chi connectivity index (χ3v) is 4.30. The summed E-state index contributed by atoms with van der Waals surface area (Å²) in [5, 5.41) is 0. The van der Waals surface area contributed by atoms with Gasteiger partial charge in [0, 0.05) is 13.5 Å². The summed E-state index contributed by atoms with van der Waals surface area (Å²) in [5.74, 6) is 1.10. The molecule has 0 amide bonds. The molecule has 0 fully saturated rings. The lowest BCUT2D eigenvalue weighted by Crippen LogP contribution is -1.99. The van der Waals surface area contributed by atoms with Gasteiger partial charge < -0.3 is 4.57 Å². The molecule has 0 saturated carbocycles. The van der Waals surface area contributed by atoms with E-state index in [2.05, 4.69) is 78.3 Å². The summed E-state index contributed by atoms with van der Waals surface area (Å²) in [7, 11) is 2.09. The van der Waals surface area contributed by atoms with Crippen molar-refractivity contribution in [1.29, 1.82) is 0 Å². The first kappa shape index (κ1) is 13.8. The smallest absolute Gasteiger partial charge is 0.114 e. The number of para-hydroxylation sites is 2. The molecule has 0 aliphatic heterocycles. The molecule has 0 aliphatic rings. The van der Waals surface area contributed by atoms with Crippen molar-refractivity contribution in [2.24, 2.45) is 7.05 Å². The second kappa shape index (κ2) is 5.73. The zero-order valence-corrected chi connectivity index (χ0v) is 13.1. The van der Waals surface area contributed by atoms with Gasteiger partial charge in [0.05, 0.1) is 11.0 Å². The van der Waals surface area contributed by atoms with Crippen molar-refractivity contribution in [1.82, 2.24) is 9.55 Å². The minimum Gasteiger partial charge on any atom is -0.331 e. The number of nitrogens with zero attached hydrogens (tertiary/aromatic N) is 2. The highest BCUT2D eigenvalue weighted by atomic mass is 15.1. The van der Waals surface area contributed by atoms with E-state index in [4.69, 9.17) is 4.98 Å². The SMILES string of the molecule is Cn1c(Cc2ccc(-c3ccccc3)cc2)nc2ccccc21. The molecule has 0 unspecified atom stereocenters. The Morgan fingerprint density at radius 3 is 2.13 bits per heavy atom. The lowest BCUT2D eigenvalue weighted by molar-refractivity contribution is 0.845. The van der Waals surface area contributed by atoms with E-state index in [9.17, 15) is 0 Å². The first-order valence-corrected chi connectivity index (χ1v) is 7.86. The molecule has 1 aromatic heterocycles. The van der Waals surface area contributed by atoms with Crippen molar-refractivity contribution < 1.29 is 0 Å². The number of rotatable bonds is 3. The zero-order chi connectivity index (χ0) is 15.6. The van der Waals surface area contributed by atoms with Crippen LogP contribution in [-0.2, 0) is 13.5 Å². The van der Waals surface area contributed by atoms with E-state index in [1.165, 1.54) is 22.2 Å². The van der Waals surface area contributed by atoms with Crippen molar-refractivity contribution in [2.75, 3.05) is 0 Å². The lowest BCUT2D eigenvalue weighted by Gasteiger charge is -2.05. The van der Waals surface area contributed by atoms with E-state index >= 15 is 0 Å². The van der Waals surface area contributed by atoms with Crippen LogP contribution >= 0.6 is 0 Å². The first-order chi connectivity index (χ1) is 11.3. The fraction of sp³-hybridized carbons (Fsp3) is 0.0952. The van der Waals surface area contributed by atoms with Gasteiger partial charge >= 0.3 is 0 Å². The highest BCUT2D eigenvalue weighted by Crippen LogP contribution is 2.21. The quantitative estimate of drug-likeness (QED) is 0.529. The van der Waals surface area contributed by atoms with Crippen molar-refractivity contribution in [2.45, 2.75) is 6.42 Å². The van der Waals surface area contributed by atoms with Crippen molar-refractivity contribution in [3.05, 3.63) is 90.3 Å². The Balaban J connectivity index is 1.62. The van der Waals surface area contributed by atoms with Crippen molar-refractivity contribution >= 4 is 11.0 Å². The molecular weight excluding hydrogens is 280 g/mol. The summed E-state index contributed by atoms with van der Waals surface area (Å²) in [5.41, 5.74) is 6.03. The van der Waals surface area contributed by atoms with Crippen LogP contribution in [0.1, 0.15) is 11.4 Å². The number of fused-ring (bicyclic) bond motifs is 1. The van der Waals surface area contributed by atoms with Gasteiger partial charge in [-0.2, -0.15) is 0 Å². The molecule has 1 heterocycles. The van der Waals surface area contributed by atoms with E-state index in [0.717, 1.165) is 17.8 Å². The molecule has 112 valence electrons. The third-order valence-electron chi connectivity index (χ3n) is 4.30. The Kier molecular flexibility index (Phi) is 3.43. The van der Waals surface area contributed by atoms with Gasteiger partial charge in [-0.25, -0.2) is 4.98 Å². The van der Waals surface area contributed by atoms with Crippen LogP contribution < -0.4 is 0 Å². The van der Waals surface area contributed by atoms with Crippen LogP contribution in [0, 0.1) is 0 Å². The predicted molar refractivity (Wildman–Crippen MR) is 95.4 cm³/mol. The Hall–Kier alpha value is -2.87. The number of benzene rings is 3. The molecule has 0 saturated heterocycles. The Morgan fingerprint density at radius 2 is 1.39 bits per heavy atom. The highest BCUT2D eigenvalue weighted by Gasteiger charge is 2.08. The topological polar surface area (TPSA) is 17.8 Å². The van der Waals surface area contributed by atoms with Crippen LogP contribution in [0.4, 0.5) is 0 Å². The van der Waals surface area contributed by atoms with Gasteiger partial charge in [0.2, 0.25) is 0 Å². The predicted octanol–water partition coefficient (Wildman–Crippen LogP) is 4.83. The van der Waals surface area contributed by atoms with Crippen molar-refractivity contribution in [3.8, 4) is 11.1 Å². The molecule has 0 spiro atoms. The van der Waals surface area contributed by atoms with E-state index in [1.807, 2.05) is 12.1 Å². The standard InChI is InChI=1S/C21H18N2/c1-23-20-10-6-5-9-19(20)22-21(23)15-16-11-13-18(14-12-16)17-7-3-2-4-8-17/h2-14H,15H2,1H3. The number of aromatic nitrogens is 2. The minimum atomic E-state index is 0.847. The van der Waals surface area contributed by atoms with E-state index in [1.54, 1.807) is 0 Å². The first-order valence-electron chi connectivity index (χ1n) is 7.86. The van der Waals surface area contributed by atoms with Gasteiger partial charge in [-0.15, -0.1) is 0 Å². The monoisotopic (exact) mass is 298 g/mol. The summed E-state index contributed by atoms with van der Waals surface area (Å²) >= 11 is 0. The second-order valence-electron chi connectivity index (χ2n) is 5.82. The number of hydrogen-bond acceptors (Lipinski definition) is 1. The maximum absolute atomic E-state index is 4.75. The summed E-state index contributed by atoms with van der Waals surface area (Å²) in [4.78, 5) is 4.75. The number of imidazole rings is 1. The third kappa shape index (κ3) is 2.64. The van der Waals surface area contributed by atoms with E-state index in [0.29, 0.717) is 0 Å². The molecule has 23 heavy (non-hydrogen) atoms. The molecule has 0 bridgehead atoms. The van der Waals surface area contributed by atoms with Crippen LogP contribution in [0.15, 0.2) is 78.9 Å². The second-order valence-corrected chi connectivity index (χ2v) is 5.82. The molecule has 3 aromatic carbocycles. The van der Waals surface area contributed by atoms with Crippen molar-refractivity contribution in [3.63, 3.8) is 0 Å². The summed E-state index contributed by atoms with van der Waals surface area (Å²) in [6, 6.07) is 27.5. The van der Waals surface area contributed by atoms with Gasteiger partial charge in [0.15, 0.2) is 0 Å². The number of aryl methyl sites for hydroxylation is 1. The maximum Gasteiger partial charge on any atom is 0.114 e. The van der Waals surface area contributed by atoms with Crippen LogP contribution in [0.2, 0.25) is 0 Å². The molecule has 4 aromatic rings. The number of hydrogen-bond donors (Lipinski definition) is 0. The molecule has 2 nitrogen and oxygen atoms in total. The minimum absolute atomic E-state index is 0.847. The maximum atomic E-state index is 4.75. The Morgan fingerprint density at radius 1 is 0.739 bits per heavy atom. The van der Waals surface area contributed by atoms with E-state index < -0.39 is 0 Å². The zero-order valence-electron chi connectivity index (χ0n) is 13.1.